The molecule has 11 heteroatoms. The first kappa shape index (κ1) is 20.3. The minimum Gasteiger partial charge on any atom is -0.483 e. The first-order chi connectivity index (χ1) is 12.6. The second kappa shape index (κ2) is 10.2. The summed E-state index contributed by atoms with van der Waals surface area (Å²) in [7, 11) is 1.75. The van der Waals surface area contributed by atoms with Crippen LogP contribution in [0.15, 0.2) is 0 Å². The molecule has 0 aliphatic carbocycles. The molecule has 2 N–H and O–H groups in total. The molecule has 10 nitrogen and oxygen atoms in total. The van der Waals surface area contributed by atoms with Gasteiger partial charge in [-0.05, 0) is 11.6 Å². The molecule has 3 heterocycles. The van der Waals surface area contributed by atoms with E-state index in [1.807, 2.05) is 0 Å². The van der Waals surface area contributed by atoms with E-state index in [-0.39, 0.29) is 12.6 Å². The Hall–Kier alpha value is -2.04. The van der Waals surface area contributed by atoms with Crippen LogP contribution in [-0.4, -0.2) is 66.4 Å². The van der Waals surface area contributed by atoms with Crippen LogP contribution in [0.25, 0.3) is 0 Å². The van der Waals surface area contributed by atoms with E-state index in [9.17, 15) is 0 Å². The molecule has 2 aromatic heterocycles. The molecule has 26 heavy (non-hydrogen) atoms. The van der Waals surface area contributed by atoms with Gasteiger partial charge in [0.05, 0.1) is 19.3 Å². The molecule has 0 aromatic carbocycles. The first-order valence-corrected chi connectivity index (χ1v) is 8.84. The van der Waals surface area contributed by atoms with Crippen molar-refractivity contribution in [3.05, 3.63) is 22.5 Å². The van der Waals surface area contributed by atoms with Crippen molar-refractivity contribution in [3.63, 3.8) is 0 Å². The van der Waals surface area contributed by atoms with E-state index in [1.165, 1.54) is 4.80 Å². The standard InChI is InChI=1S/C14H22ClN7O.CH2O2/c1-3-4-5-12-16-10(13(15)17-12)8-22-6-7-23-11(9-22)14-18-20-21(2)19-14;2-1-3/h11H,3-9H2,1-2H3,(H,16,17);1H,(H,2,3). The highest BCUT2D eigenvalue weighted by molar-refractivity contribution is 6.30. The second-order valence-corrected chi connectivity index (χ2v) is 6.25. The third-order valence-electron chi connectivity index (χ3n) is 3.89. The lowest BCUT2D eigenvalue weighted by Gasteiger charge is -2.30. The Balaban J connectivity index is 0.000000758. The highest BCUT2D eigenvalue weighted by atomic mass is 35.5. The minimum absolute atomic E-state index is 0.154. The molecule has 1 atom stereocenters. The Bertz CT molecular complexity index is 691. The summed E-state index contributed by atoms with van der Waals surface area (Å²) in [6.45, 7) is 4.83. The Labute approximate surface area is 156 Å². The van der Waals surface area contributed by atoms with E-state index < -0.39 is 0 Å². The van der Waals surface area contributed by atoms with E-state index in [0.717, 1.165) is 43.9 Å². The predicted molar refractivity (Wildman–Crippen MR) is 93.7 cm³/mol. The zero-order valence-electron chi connectivity index (χ0n) is 14.9. The van der Waals surface area contributed by atoms with Crippen molar-refractivity contribution >= 4 is 18.1 Å². The summed E-state index contributed by atoms with van der Waals surface area (Å²) >= 11 is 6.26. The zero-order valence-corrected chi connectivity index (χ0v) is 15.7. The molecule has 0 spiro atoms. The van der Waals surface area contributed by atoms with Crippen molar-refractivity contribution in [3.8, 4) is 0 Å². The highest BCUT2D eigenvalue weighted by Gasteiger charge is 2.26. The smallest absolute Gasteiger partial charge is 0.290 e. The van der Waals surface area contributed by atoms with Crippen molar-refractivity contribution in [2.24, 2.45) is 7.05 Å². The number of halogens is 1. The number of nitrogens with one attached hydrogen (secondary N) is 1. The average Bonchev–Trinajstić information content (AvgIpc) is 3.20. The maximum absolute atomic E-state index is 8.36. The first-order valence-electron chi connectivity index (χ1n) is 8.46. The number of unbranched alkanes of at least 4 members (excludes halogenated alkanes) is 1. The van der Waals surface area contributed by atoms with E-state index in [4.69, 9.17) is 26.2 Å². The molecule has 144 valence electrons. The fraction of sp³-hybridized carbons (Fsp3) is 0.667. The number of aromatic amines is 1. The number of imidazole rings is 1. The number of hydrogen-bond acceptors (Lipinski definition) is 7. The second-order valence-electron chi connectivity index (χ2n) is 5.89. The molecule has 3 rings (SSSR count). The number of carboxylic acid groups (broad SMARTS) is 1. The number of rotatable bonds is 6. The van der Waals surface area contributed by atoms with Gasteiger partial charge in [-0.1, -0.05) is 24.9 Å². The Morgan fingerprint density at radius 3 is 2.92 bits per heavy atom. The average molecular weight is 386 g/mol. The van der Waals surface area contributed by atoms with Crippen molar-refractivity contribution in [1.29, 1.82) is 0 Å². The van der Waals surface area contributed by atoms with Crippen molar-refractivity contribution < 1.29 is 14.6 Å². The molecule has 0 saturated carbocycles. The lowest BCUT2D eigenvalue weighted by Crippen LogP contribution is -2.38. The van der Waals surface area contributed by atoms with Crippen molar-refractivity contribution in [1.82, 2.24) is 35.1 Å². The fourth-order valence-electron chi connectivity index (χ4n) is 2.66. The van der Waals surface area contributed by atoms with E-state index >= 15 is 0 Å². The van der Waals surface area contributed by atoms with E-state index in [0.29, 0.717) is 24.1 Å². The number of aryl methyl sites for hydroxylation is 2. The van der Waals surface area contributed by atoms with Crippen LogP contribution < -0.4 is 0 Å². The number of aromatic nitrogens is 6. The molecular weight excluding hydrogens is 362 g/mol. The van der Waals surface area contributed by atoms with Gasteiger partial charge in [0.15, 0.2) is 5.15 Å². The quantitative estimate of drug-likeness (QED) is 0.711. The summed E-state index contributed by atoms with van der Waals surface area (Å²) in [4.78, 5) is 19.8. The summed E-state index contributed by atoms with van der Waals surface area (Å²) in [6.07, 6.45) is 3.04. The van der Waals surface area contributed by atoms with Gasteiger partial charge in [0.25, 0.3) is 6.47 Å². The van der Waals surface area contributed by atoms with Crippen LogP contribution in [0.4, 0.5) is 0 Å². The van der Waals surface area contributed by atoms with Crippen LogP contribution in [0, 0.1) is 0 Å². The number of H-pyrrole nitrogens is 1. The topological polar surface area (TPSA) is 122 Å². The van der Waals surface area contributed by atoms with E-state index in [2.05, 4.69) is 37.2 Å². The molecule has 1 aliphatic heterocycles. The third kappa shape index (κ3) is 5.75. The Morgan fingerprint density at radius 2 is 2.27 bits per heavy atom. The Kier molecular flexibility index (Phi) is 7.95. The van der Waals surface area contributed by atoms with Crippen LogP contribution in [-0.2, 0) is 29.5 Å². The number of hydrogen-bond donors (Lipinski definition) is 2. The molecule has 0 bridgehead atoms. The van der Waals surface area contributed by atoms with Crippen LogP contribution in [0.1, 0.15) is 43.2 Å². The monoisotopic (exact) mass is 385 g/mol. The lowest BCUT2D eigenvalue weighted by atomic mass is 10.2. The number of carbonyl (C=O) groups is 1. The van der Waals surface area contributed by atoms with Crippen LogP contribution in [0.3, 0.4) is 0 Å². The van der Waals surface area contributed by atoms with E-state index in [1.54, 1.807) is 7.05 Å². The third-order valence-corrected chi connectivity index (χ3v) is 4.20. The number of ether oxygens (including phenoxy) is 1. The maximum atomic E-state index is 8.36. The summed E-state index contributed by atoms with van der Waals surface area (Å²) in [6, 6.07) is 0. The number of nitrogens with zero attached hydrogens (tertiary/aromatic N) is 6. The summed E-state index contributed by atoms with van der Waals surface area (Å²) in [5.41, 5.74) is 0.963. The van der Waals surface area contributed by atoms with Gasteiger partial charge in [0.1, 0.15) is 11.9 Å². The van der Waals surface area contributed by atoms with Crippen LogP contribution in [0.5, 0.6) is 0 Å². The van der Waals surface area contributed by atoms with Crippen LogP contribution >= 0.6 is 11.6 Å². The van der Waals surface area contributed by atoms with Crippen molar-refractivity contribution in [2.75, 3.05) is 19.7 Å². The molecule has 1 unspecified atom stereocenters. The molecule has 1 aliphatic rings. The van der Waals surface area contributed by atoms with Gasteiger partial charge in [-0.3, -0.25) is 9.69 Å². The molecule has 1 saturated heterocycles. The zero-order chi connectivity index (χ0) is 18.9. The summed E-state index contributed by atoms with van der Waals surface area (Å²) < 4.78 is 5.76. The summed E-state index contributed by atoms with van der Waals surface area (Å²) in [5.74, 6) is 1.59. The number of morpholine rings is 1. The molecule has 0 amide bonds. The molecule has 2 aromatic rings. The molecule has 0 radical (unpaired) electrons. The Morgan fingerprint density at radius 1 is 1.50 bits per heavy atom. The minimum atomic E-state index is -0.250. The van der Waals surface area contributed by atoms with Gasteiger partial charge in [-0.15, -0.1) is 10.2 Å². The van der Waals surface area contributed by atoms with Gasteiger partial charge in [-0.2, -0.15) is 4.80 Å². The largest absolute Gasteiger partial charge is 0.483 e. The lowest BCUT2D eigenvalue weighted by molar-refractivity contribution is -0.122. The number of tetrazole rings is 1. The highest BCUT2D eigenvalue weighted by Crippen LogP contribution is 2.22. The predicted octanol–water partition coefficient (Wildman–Crippen LogP) is 1.20. The molecule has 1 fully saturated rings. The normalized spacial score (nSPS) is 17.6. The summed E-state index contributed by atoms with van der Waals surface area (Å²) in [5, 5.41) is 19.6. The SMILES string of the molecule is CCCCc1nc(Cl)c(CN2CCOC(c3nnn(C)n3)C2)[nH]1.O=CO. The van der Waals surface area contributed by atoms with Gasteiger partial charge in [0.2, 0.25) is 5.82 Å². The van der Waals surface area contributed by atoms with Gasteiger partial charge in [0, 0.05) is 26.1 Å². The van der Waals surface area contributed by atoms with Gasteiger partial charge in [-0.25, -0.2) is 4.98 Å². The van der Waals surface area contributed by atoms with Gasteiger partial charge < -0.3 is 14.8 Å². The van der Waals surface area contributed by atoms with Crippen LogP contribution in [0.2, 0.25) is 5.15 Å². The maximum Gasteiger partial charge on any atom is 0.290 e. The van der Waals surface area contributed by atoms with Crippen molar-refractivity contribution in [2.45, 2.75) is 38.8 Å². The van der Waals surface area contributed by atoms with Gasteiger partial charge >= 0.3 is 0 Å². The molecular formula is C15H24ClN7O3. The fourth-order valence-corrected chi connectivity index (χ4v) is 2.87.